The molecule has 0 spiro atoms. The van der Waals surface area contributed by atoms with Gasteiger partial charge < -0.3 is 10.2 Å². The smallest absolute Gasteiger partial charge is 0.252 e. The Morgan fingerprint density at radius 1 is 1.35 bits per heavy atom. The molecule has 1 amide bonds. The van der Waals surface area contributed by atoms with Crippen LogP contribution >= 0.6 is 11.6 Å². The predicted octanol–water partition coefficient (Wildman–Crippen LogP) is 1.00. The van der Waals surface area contributed by atoms with Gasteiger partial charge in [-0.3, -0.25) is 9.52 Å². The van der Waals surface area contributed by atoms with E-state index in [4.69, 9.17) is 11.6 Å². The number of hydrogen-bond donors (Lipinski definition) is 2. The summed E-state index contributed by atoms with van der Waals surface area (Å²) in [6.45, 7) is 1.18. The molecule has 0 heterocycles. The molecule has 0 fully saturated rings. The van der Waals surface area contributed by atoms with Crippen LogP contribution in [0.1, 0.15) is 10.4 Å². The Kier molecular flexibility index (Phi) is 5.79. The summed E-state index contributed by atoms with van der Waals surface area (Å²) in [5.74, 6) is -0.339. The lowest BCUT2D eigenvalue weighted by molar-refractivity contribution is 0.0951. The van der Waals surface area contributed by atoms with Crippen LogP contribution in [0.15, 0.2) is 18.2 Å². The second kappa shape index (κ2) is 6.92. The van der Waals surface area contributed by atoms with E-state index in [9.17, 15) is 13.2 Å². The van der Waals surface area contributed by atoms with Crippen LogP contribution in [-0.4, -0.2) is 52.7 Å². The van der Waals surface area contributed by atoms with Gasteiger partial charge in [-0.05, 0) is 32.3 Å². The van der Waals surface area contributed by atoms with Gasteiger partial charge in [-0.1, -0.05) is 11.6 Å². The standard InChI is InChI=1S/C12H18ClN3O3S/c1-16(2)7-6-14-12(17)10-8-9(4-5-11(10)13)15-20(3,18)19/h4-5,8,15H,6-7H2,1-3H3,(H,14,17). The minimum Gasteiger partial charge on any atom is -0.351 e. The van der Waals surface area contributed by atoms with Gasteiger partial charge >= 0.3 is 0 Å². The molecular formula is C12H18ClN3O3S. The number of halogens is 1. The molecule has 0 aliphatic rings. The van der Waals surface area contributed by atoms with Crippen LogP contribution in [0.5, 0.6) is 0 Å². The van der Waals surface area contributed by atoms with Crippen molar-refractivity contribution in [1.29, 1.82) is 0 Å². The van der Waals surface area contributed by atoms with Crippen LogP contribution in [0.4, 0.5) is 5.69 Å². The fourth-order valence-corrected chi connectivity index (χ4v) is 2.22. The number of rotatable bonds is 6. The highest BCUT2D eigenvalue weighted by Gasteiger charge is 2.12. The van der Waals surface area contributed by atoms with E-state index in [1.165, 1.54) is 18.2 Å². The Labute approximate surface area is 124 Å². The minimum atomic E-state index is -3.39. The molecule has 0 radical (unpaired) electrons. The first-order valence-corrected chi connectivity index (χ1v) is 8.16. The van der Waals surface area contributed by atoms with Crippen molar-refractivity contribution < 1.29 is 13.2 Å². The third-order valence-corrected chi connectivity index (χ3v) is 3.29. The lowest BCUT2D eigenvalue weighted by Crippen LogP contribution is -2.31. The van der Waals surface area contributed by atoms with E-state index in [1.807, 2.05) is 19.0 Å². The van der Waals surface area contributed by atoms with Crippen molar-refractivity contribution in [1.82, 2.24) is 10.2 Å². The normalized spacial score (nSPS) is 11.4. The van der Waals surface area contributed by atoms with Crippen LogP contribution in [-0.2, 0) is 10.0 Å². The van der Waals surface area contributed by atoms with E-state index in [1.54, 1.807) is 0 Å². The van der Waals surface area contributed by atoms with E-state index in [0.29, 0.717) is 18.8 Å². The van der Waals surface area contributed by atoms with Gasteiger partial charge in [0.1, 0.15) is 0 Å². The lowest BCUT2D eigenvalue weighted by Gasteiger charge is -2.12. The van der Waals surface area contributed by atoms with E-state index in [0.717, 1.165) is 6.26 Å². The number of sulfonamides is 1. The second-order valence-electron chi connectivity index (χ2n) is 4.63. The van der Waals surface area contributed by atoms with E-state index < -0.39 is 10.0 Å². The number of nitrogens with zero attached hydrogens (tertiary/aromatic N) is 1. The van der Waals surface area contributed by atoms with Crippen molar-refractivity contribution in [2.24, 2.45) is 0 Å². The fourth-order valence-electron chi connectivity index (χ4n) is 1.47. The van der Waals surface area contributed by atoms with E-state index in [-0.39, 0.29) is 16.5 Å². The van der Waals surface area contributed by atoms with Gasteiger partial charge in [0.05, 0.1) is 16.8 Å². The Morgan fingerprint density at radius 3 is 2.55 bits per heavy atom. The van der Waals surface area contributed by atoms with Crippen molar-refractivity contribution >= 4 is 33.2 Å². The Morgan fingerprint density at radius 2 is 2.00 bits per heavy atom. The van der Waals surface area contributed by atoms with Crippen LogP contribution in [0.25, 0.3) is 0 Å². The first-order chi connectivity index (χ1) is 9.19. The SMILES string of the molecule is CN(C)CCNC(=O)c1cc(NS(C)(=O)=O)ccc1Cl. The van der Waals surface area contributed by atoms with Crippen LogP contribution < -0.4 is 10.0 Å². The van der Waals surface area contributed by atoms with Gasteiger partial charge in [0.2, 0.25) is 10.0 Å². The lowest BCUT2D eigenvalue weighted by atomic mass is 10.2. The van der Waals surface area contributed by atoms with Crippen LogP contribution in [0, 0.1) is 0 Å². The third kappa shape index (κ3) is 5.77. The number of likely N-dealkylation sites (N-methyl/N-ethyl adjacent to an activating group) is 1. The molecule has 1 aromatic rings. The van der Waals surface area contributed by atoms with Gasteiger partial charge in [0.25, 0.3) is 5.91 Å². The molecule has 1 rings (SSSR count). The Bertz CT molecular complexity index is 588. The third-order valence-electron chi connectivity index (χ3n) is 2.36. The summed E-state index contributed by atoms with van der Waals surface area (Å²) in [7, 11) is 0.405. The summed E-state index contributed by atoms with van der Waals surface area (Å²) in [5.41, 5.74) is 0.536. The van der Waals surface area contributed by atoms with Gasteiger partial charge in [0.15, 0.2) is 0 Å². The monoisotopic (exact) mass is 319 g/mol. The largest absolute Gasteiger partial charge is 0.351 e. The predicted molar refractivity (Wildman–Crippen MR) is 80.8 cm³/mol. The molecule has 0 aromatic heterocycles. The summed E-state index contributed by atoms with van der Waals surface area (Å²) in [6.07, 6.45) is 1.04. The number of nitrogens with one attached hydrogen (secondary N) is 2. The summed E-state index contributed by atoms with van der Waals surface area (Å²) in [6, 6.07) is 4.39. The summed E-state index contributed by atoms with van der Waals surface area (Å²) >= 11 is 5.96. The molecule has 0 saturated heterocycles. The van der Waals surface area contributed by atoms with Crippen molar-refractivity contribution in [2.45, 2.75) is 0 Å². The maximum atomic E-state index is 12.0. The number of benzene rings is 1. The molecule has 0 saturated carbocycles. The summed E-state index contributed by atoms with van der Waals surface area (Å²) in [4.78, 5) is 13.9. The van der Waals surface area contributed by atoms with Gasteiger partial charge in [-0.25, -0.2) is 8.42 Å². The highest BCUT2D eigenvalue weighted by atomic mass is 35.5. The molecule has 0 unspecified atom stereocenters. The van der Waals surface area contributed by atoms with Crippen LogP contribution in [0.2, 0.25) is 5.02 Å². The van der Waals surface area contributed by atoms with Crippen molar-refractivity contribution in [3.8, 4) is 0 Å². The highest BCUT2D eigenvalue weighted by molar-refractivity contribution is 7.92. The first-order valence-electron chi connectivity index (χ1n) is 5.89. The molecule has 112 valence electrons. The minimum absolute atomic E-state index is 0.235. The zero-order valence-electron chi connectivity index (χ0n) is 11.6. The van der Waals surface area contributed by atoms with E-state index in [2.05, 4.69) is 10.0 Å². The quantitative estimate of drug-likeness (QED) is 0.820. The summed E-state index contributed by atoms with van der Waals surface area (Å²) < 4.78 is 24.6. The zero-order valence-corrected chi connectivity index (χ0v) is 13.2. The molecule has 6 nitrogen and oxygen atoms in total. The first kappa shape index (κ1) is 16.7. The highest BCUT2D eigenvalue weighted by Crippen LogP contribution is 2.21. The zero-order chi connectivity index (χ0) is 15.3. The number of hydrogen-bond acceptors (Lipinski definition) is 4. The number of carbonyl (C=O) groups excluding carboxylic acids is 1. The summed E-state index contributed by atoms with van der Waals surface area (Å²) in [5, 5.41) is 2.99. The number of amides is 1. The van der Waals surface area contributed by atoms with E-state index >= 15 is 0 Å². The fraction of sp³-hybridized carbons (Fsp3) is 0.417. The van der Waals surface area contributed by atoms with Crippen molar-refractivity contribution in [2.75, 3.05) is 38.2 Å². The molecule has 0 aliphatic heterocycles. The Hall–Kier alpha value is -1.31. The molecule has 2 N–H and O–H groups in total. The molecule has 20 heavy (non-hydrogen) atoms. The van der Waals surface area contributed by atoms with Gasteiger partial charge in [-0.2, -0.15) is 0 Å². The molecular weight excluding hydrogens is 302 g/mol. The van der Waals surface area contributed by atoms with Gasteiger partial charge in [0, 0.05) is 18.8 Å². The average Bonchev–Trinajstić information content (AvgIpc) is 2.29. The second-order valence-corrected chi connectivity index (χ2v) is 6.78. The van der Waals surface area contributed by atoms with Crippen molar-refractivity contribution in [3.05, 3.63) is 28.8 Å². The molecule has 1 aromatic carbocycles. The molecule has 0 aliphatic carbocycles. The molecule has 8 heteroatoms. The van der Waals surface area contributed by atoms with Crippen molar-refractivity contribution in [3.63, 3.8) is 0 Å². The van der Waals surface area contributed by atoms with Crippen LogP contribution in [0.3, 0.4) is 0 Å². The average molecular weight is 320 g/mol. The molecule has 0 bridgehead atoms. The van der Waals surface area contributed by atoms with Gasteiger partial charge in [-0.15, -0.1) is 0 Å². The molecule has 0 atom stereocenters. The maximum absolute atomic E-state index is 12.0. The number of anilines is 1. The maximum Gasteiger partial charge on any atom is 0.252 e. The number of carbonyl (C=O) groups is 1. The Balaban J connectivity index is 2.83. The topological polar surface area (TPSA) is 78.5 Å².